The third kappa shape index (κ3) is 2.27. The van der Waals surface area contributed by atoms with E-state index in [2.05, 4.69) is 19.9 Å². The molecular formula is C9H6ClN5O2S. The number of halogens is 1. The molecule has 1 aromatic carbocycles. The van der Waals surface area contributed by atoms with Gasteiger partial charge in [-0.3, -0.25) is 0 Å². The SMILES string of the molecule is N#Cc1c(Cl)cccc1S(=O)(=O)Nc1ncn[nH]1. The molecule has 0 aliphatic heterocycles. The number of nitriles is 1. The molecule has 0 bridgehead atoms. The van der Waals surface area contributed by atoms with E-state index in [0.717, 1.165) is 6.33 Å². The Balaban J connectivity index is 2.49. The molecule has 1 aromatic heterocycles. The number of rotatable bonds is 3. The monoisotopic (exact) mass is 283 g/mol. The highest BCUT2D eigenvalue weighted by Crippen LogP contribution is 2.24. The summed E-state index contributed by atoms with van der Waals surface area (Å²) < 4.78 is 26.2. The second-order valence-electron chi connectivity index (χ2n) is 3.16. The highest BCUT2D eigenvalue weighted by atomic mass is 35.5. The summed E-state index contributed by atoms with van der Waals surface area (Å²) in [4.78, 5) is 3.42. The Labute approximate surface area is 107 Å². The van der Waals surface area contributed by atoms with Gasteiger partial charge in [0.1, 0.15) is 17.3 Å². The number of benzene rings is 1. The van der Waals surface area contributed by atoms with Gasteiger partial charge < -0.3 is 0 Å². The quantitative estimate of drug-likeness (QED) is 0.877. The Kier molecular flexibility index (Phi) is 3.18. The minimum absolute atomic E-state index is 0.0427. The van der Waals surface area contributed by atoms with Crippen molar-refractivity contribution in [3.05, 3.63) is 35.1 Å². The molecular weight excluding hydrogens is 278 g/mol. The number of nitrogens with zero attached hydrogens (tertiary/aromatic N) is 3. The summed E-state index contributed by atoms with van der Waals surface area (Å²) in [5.41, 5.74) is -0.119. The van der Waals surface area contributed by atoms with Gasteiger partial charge in [0.15, 0.2) is 0 Å². The summed E-state index contributed by atoms with van der Waals surface area (Å²) in [6.07, 6.45) is 1.15. The van der Waals surface area contributed by atoms with E-state index < -0.39 is 10.0 Å². The average Bonchev–Trinajstić information content (AvgIpc) is 2.80. The van der Waals surface area contributed by atoms with E-state index in [4.69, 9.17) is 16.9 Å². The predicted octanol–water partition coefficient (Wildman–Crippen LogP) is 1.13. The number of aromatic amines is 1. The van der Waals surface area contributed by atoms with Crippen LogP contribution < -0.4 is 4.72 Å². The molecule has 0 atom stereocenters. The normalized spacial score (nSPS) is 10.9. The van der Waals surface area contributed by atoms with Crippen molar-refractivity contribution in [1.29, 1.82) is 5.26 Å². The maximum Gasteiger partial charge on any atom is 0.265 e. The lowest BCUT2D eigenvalue weighted by atomic mass is 10.2. The molecule has 7 nitrogen and oxygen atoms in total. The molecule has 1 heterocycles. The van der Waals surface area contributed by atoms with Crippen LogP contribution in [-0.4, -0.2) is 23.6 Å². The lowest BCUT2D eigenvalue weighted by Gasteiger charge is -2.07. The van der Waals surface area contributed by atoms with Crippen LogP contribution in [0.1, 0.15) is 5.56 Å². The zero-order valence-electron chi connectivity index (χ0n) is 8.75. The van der Waals surface area contributed by atoms with Gasteiger partial charge in [-0.25, -0.2) is 18.2 Å². The Bertz CT molecular complexity index is 705. The fraction of sp³-hybridized carbons (Fsp3) is 0. The molecule has 0 unspecified atom stereocenters. The topological polar surface area (TPSA) is 112 Å². The fourth-order valence-corrected chi connectivity index (χ4v) is 2.69. The van der Waals surface area contributed by atoms with Crippen LogP contribution in [0.25, 0.3) is 0 Å². The zero-order chi connectivity index (χ0) is 13.2. The van der Waals surface area contributed by atoms with E-state index in [-0.39, 0.29) is 21.4 Å². The Morgan fingerprint density at radius 3 is 2.83 bits per heavy atom. The molecule has 2 rings (SSSR count). The van der Waals surface area contributed by atoms with Gasteiger partial charge in [0.25, 0.3) is 10.0 Å². The standard InChI is InChI=1S/C9H6ClN5O2S/c10-7-2-1-3-8(6(7)4-11)18(16,17)15-9-12-5-13-14-9/h1-3,5H,(H2,12,13,14,15). The Morgan fingerprint density at radius 1 is 1.44 bits per heavy atom. The summed E-state index contributed by atoms with van der Waals surface area (Å²) in [5.74, 6) is -0.0427. The fourth-order valence-electron chi connectivity index (χ4n) is 1.27. The van der Waals surface area contributed by atoms with Gasteiger partial charge in [0.05, 0.1) is 10.6 Å². The van der Waals surface area contributed by atoms with Crippen LogP contribution in [-0.2, 0) is 10.0 Å². The van der Waals surface area contributed by atoms with Crippen LogP contribution in [0.3, 0.4) is 0 Å². The predicted molar refractivity (Wildman–Crippen MR) is 63.4 cm³/mol. The van der Waals surface area contributed by atoms with E-state index in [1.807, 2.05) is 0 Å². The van der Waals surface area contributed by atoms with Crippen LogP contribution in [0, 0.1) is 11.3 Å². The van der Waals surface area contributed by atoms with Gasteiger partial charge in [-0.05, 0) is 12.1 Å². The Morgan fingerprint density at radius 2 is 2.22 bits per heavy atom. The lowest BCUT2D eigenvalue weighted by molar-refractivity contribution is 0.600. The van der Waals surface area contributed by atoms with Crippen molar-refractivity contribution >= 4 is 27.6 Å². The maximum absolute atomic E-state index is 12.0. The van der Waals surface area contributed by atoms with Gasteiger partial charge in [0, 0.05) is 0 Å². The summed E-state index contributed by atoms with van der Waals surface area (Å²) in [6, 6.07) is 5.91. The Hall–Kier alpha value is -2.11. The summed E-state index contributed by atoms with van der Waals surface area (Å²) >= 11 is 5.77. The van der Waals surface area contributed by atoms with E-state index in [1.54, 1.807) is 6.07 Å². The highest BCUT2D eigenvalue weighted by molar-refractivity contribution is 7.92. The molecule has 0 radical (unpaired) electrons. The first-order valence-electron chi connectivity index (χ1n) is 4.61. The first kappa shape index (κ1) is 12.3. The minimum Gasteiger partial charge on any atom is -0.248 e. The largest absolute Gasteiger partial charge is 0.265 e. The molecule has 92 valence electrons. The van der Waals surface area contributed by atoms with Gasteiger partial charge >= 0.3 is 0 Å². The first-order chi connectivity index (χ1) is 8.54. The third-order valence-corrected chi connectivity index (χ3v) is 3.72. The first-order valence-corrected chi connectivity index (χ1v) is 6.47. The molecule has 9 heteroatoms. The average molecular weight is 284 g/mol. The van der Waals surface area contributed by atoms with E-state index in [0.29, 0.717) is 0 Å². The second-order valence-corrected chi connectivity index (χ2v) is 5.22. The molecule has 0 aliphatic rings. The molecule has 2 N–H and O–H groups in total. The molecule has 0 spiro atoms. The van der Waals surface area contributed by atoms with E-state index in [1.165, 1.54) is 18.2 Å². The van der Waals surface area contributed by atoms with Crippen LogP contribution in [0.2, 0.25) is 5.02 Å². The van der Waals surface area contributed by atoms with Crippen molar-refractivity contribution in [2.45, 2.75) is 4.90 Å². The minimum atomic E-state index is -3.94. The summed E-state index contributed by atoms with van der Waals surface area (Å²) in [6.45, 7) is 0. The molecule has 18 heavy (non-hydrogen) atoms. The summed E-state index contributed by atoms with van der Waals surface area (Å²) in [5, 5.41) is 14.8. The van der Waals surface area contributed by atoms with E-state index >= 15 is 0 Å². The second kappa shape index (κ2) is 4.64. The molecule has 0 fully saturated rings. The van der Waals surface area contributed by atoms with Gasteiger partial charge in [0.2, 0.25) is 5.95 Å². The van der Waals surface area contributed by atoms with Crippen molar-refractivity contribution < 1.29 is 8.42 Å². The van der Waals surface area contributed by atoms with E-state index in [9.17, 15) is 8.42 Å². The highest BCUT2D eigenvalue weighted by Gasteiger charge is 2.21. The van der Waals surface area contributed by atoms with Gasteiger partial charge in [-0.2, -0.15) is 15.3 Å². The van der Waals surface area contributed by atoms with Crippen LogP contribution in [0.4, 0.5) is 5.95 Å². The number of sulfonamides is 1. The molecule has 0 aliphatic carbocycles. The number of anilines is 1. The number of hydrogen-bond acceptors (Lipinski definition) is 5. The number of hydrogen-bond donors (Lipinski definition) is 2. The smallest absolute Gasteiger partial charge is 0.248 e. The van der Waals surface area contributed by atoms with Crippen molar-refractivity contribution in [2.75, 3.05) is 4.72 Å². The van der Waals surface area contributed by atoms with Crippen LogP contribution >= 0.6 is 11.6 Å². The number of nitrogens with one attached hydrogen (secondary N) is 2. The lowest BCUT2D eigenvalue weighted by Crippen LogP contribution is -2.15. The van der Waals surface area contributed by atoms with Crippen molar-refractivity contribution in [1.82, 2.24) is 15.2 Å². The van der Waals surface area contributed by atoms with Gasteiger partial charge in [-0.15, -0.1) is 0 Å². The zero-order valence-corrected chi connectivity index (χ0v) is 10.3. The number of H-pyrrole nitrogens is 1. The molecule has 0 amide bonds. The van der Waals surface area contributed by atoms with Crippen molar-refractivity contribution in [3.8, 4) is 6.07 Å². The third-order valence-electron chi connectivity index (χ3n) is 2.02. The molecule has 0 saturated carbocycles. The van der Waals surface area contributed by atoms with Crippen molar-refractivity contribution in [3.63, 3.8) is 0 Å². The maximum atomic E-state index is 12.0. The molecule has 0 saturated heterocycles. The van der Waals surface area contributed by atoms with Gasteiger partial charge in [-0.1, -0.05) is 17.7 Å². The summed E-state index contributed by atoms with van der Waals surface area (Å²) in [7, 11) is -3.94. The van der Waals surface area contributed by atoms with Crippen LogP contribution in [0.5, 0.6) is 0 Å². The number of aromatic nitrogens is 3. The van der Waals surface area contributed by atoms with Crippen molar-refractivity contribution in [2.24, 2.45) is 0 Å². The molecule has 2 aromatic rings. The van der Waals surface area contributed by atoms with Crippen LogP contribution in [0.15, 0.2) is 29.4 Å².